The number of hydrogen-bond donors (Lipinski definition) is 1. The summed E-state index contributed by atoms with van der Waals surface area (Å²) in [7, 11) is 0. The van der Waals surface area contributed by atoms with E-state index in [-0.39, 0.29) is 0 Å². The largest absolute Gasteiger partial charge is 0.342 e. The standard InChI is InChI=1S/C25H42N2/c1-2-3-4-5-6-7-8-9-10-11-12-13-14-15-16-17-22-25-26-23-20-18-19-21-24(23)27-25/h18-21H,2-17,22H2,1H3,(H,26,27). The summed E-state index contributed by atoms with van der Waals surface area (Å²) >= 11 is 0. The van der Waals surface area contributed by atoms with Crippen LogP contribution in [0.2, 0.25) is 0 Å². The van der Waals surface area contributed by atoms with Gasteiger partial charge in [0.15, 0.2) is 0 Å². The Bertz CT molecular complexity index is 554. The summed E-state index contributed by atoms with van der Waals surface area (Å²) in [6, 6.07) is 8.32. The number of unbranched alkanes of at least 4 members (excludes halogenated alkanes) is 15. The van der Waals surface area contributed by atoms with Crippen molar-refractivity contribution in [1.29, 1.82) is 0 Å². The first-order chi connectivity index (χ1) is 13.4. The molecule has 27 heavy (non-hydrogen) atoms. The molecule has 0 fully saturated rings. The molecule has 0 amide bonds. The van der Waals surface area contributed by atoms with Crippen LogP contribution in [0, 0.1) is 0 Å². The van der Waals surface area contributed by atoms with E-state index in [1.54, 1.807) is 0 Å². The molecule has 0 spiro atoms. The predicted molar refractivity (Wildman–Crippen MR) is 119 cm³/mol. The topological polar surface area (TPSA) is 28.7 Å². The Morgan fingerprint density at radius 2 is 1.11 bits per heavy atom. The minimum atomic E-state index is 1.09. The normalized spacial score (nSPS) is 11.4. The van der Waals surface area contributed by atoms with Crippen LogP contribution in [-0.2, 0) is 6.42 Å². The Hall–Kier alpha value is -1.31. The van der Waals surface area contributed by atoms with Crippen molar-refractivity contribution in [2.24, 2.45) is 0 Å². The van der Waals surface area contributed by atoms with E-state index in [0.29, 0.717) is 0 Å². The predicted octanol–water partition coefficient (Wildman–Crippen LogP) is 8.37. The van der Waals surface area contributed by atoms with Crippen molar-refractivity contribution in [2.75, 3.05) is 0 Å². The van der Waals surface area contributed by atoms with Gasteiger partial charge in [0.2, 0.25) is 0 Å². The number of aromatic amines is 1. The fraction of sp³-hybridized carbons (Fsp3) is 0.720. The van der Waals surface area contributed by atoms with Gasteiger partial charge in [-0.3, -0.25) is 0 Å². The molecule has 0 aliphatic heterocycles. The molecule has 1 aromatic heterocycles. The third-order valence-electron chi connectivity index (χ3n) is 5.71. The van der Waals surface area contributed by atoms with Crippen LogP contribution in [0.5, 0.6) is 0 Å². The molecule has 0 aliphatic rings. The number of H-pyrrole nitrogens is 1. The summed E-state index contributed by atoms with van der Waals surface area (Å²) in [4.78, 5) is 8.10. The molecule has 0 radical (unpaired) electrons. The van der Waals surface area contributed by atoms with Crippen molar-refractivity contribution >= 4 is 11.0 Å². The van der Waals surface area contributed by atoms with Crippen LogP contribution in [0.1, 0.15) is 115 Å². The number of hydrogen-bond acceptors (Lipinski definition) is 1. The first-order valence-electron chi connectivity index (χ1n) is 11.8. The molecule has 152 valence electrons. The Morgan fingerprint density at radius 3 is 1.63 bits per heavy atom. The second kappa shape index (κ2) is 14.7. The lowest BCUT2D eigenvalue weighted by Gasteiger charge is -2.03. The zero-order valence-corrected chi connectivity index (χ0v) is 17.8. The summed E-state index contributed by atoms with van der Waals surface area (Å²) in [5, 5.41) is 0. The van der Waals surface area contributed by atoms with E-state index in [4.69, 9.17) is 0 Å². The third-order valence-corrected chi connectivity index (χ3v) is 5.71. The number of aromatic nitrogens is 2. The van der Waals surface area contributed by atoms with Gasteiger partial charge < -0.3 is 4.98 Å². The lowest BCUT2D eigenvalue weighted by atomic mass is 10.0. The molecule has 1 heterocycles. The van der Waals surface area contributed by atoms with Gasteiger partial charge in [-0.1, -0.05) is 115 Å². The molecule has 1 N–H and O–H groups in total. The van der Waals surface area contributed by atoms with Crippen molar-refractivity contribution in [3.63, 3.8) is 0 Å². The van der Waals surface area contributed by atoms with Gasteiger partial charge in [-0.15, -0.1) is 0 Å². The Balaban J connectivity index is 1.32. The number of imidazole rings is 1. The number of fused-ring (bicyclic) bond motifs is 1. The molecule has 2 rings (SSSR count). The van der Waals surface area contributed by atoms with Crippen LogP contribution in [-0.4, -0.2) is 9.97 Å². The van der Waals surface area contributed by atoms with E-state index >= 15 is 0 Å². The maximum atomic E-state index is 4.66. The number of nitrogens with one attached hydrogen (secondary N) is 1. The van der Waals surface area contributed by atoms with E-state index in [1.807, 2.05) is 0 Å². The maximum absolute atomic E-state index is 4.66. The van der Waals surface area contributed by atoms with Crippen LogP contribution in [0.15, 0.2) is 24.3 Å². The second-order valence-electron chi connectivity index (χ2n) is 8.25. The molecule has 0 saturated carbocycles. The first-order valence-corrected chi connectivity index (χ1v) is 11.8. The van der Waals surface area contributed by atoms with Crippen molar-refractivity contribution in [2.45, 2.75) is 116 Å². The van der Waals surface area contributed by atoms with E-state index < -0.39 is 0 Å². The van der Waals surface area contributed by atoms with E-state index in [9.17, 15) is 0 Å². The van der Waals surface area contributed by atoms with Crippen molar-refractivity contribution in [1.82, 2.24) is 9.97 Å². The van der Waals surface area contributed by atoms with Crippen LogP contribution in [0.4, 0.5) is 0 Å². The van der Waals surface area contributed by atoms with Crippen LogP contribution in [0.3, 0.4) is 0 Å². The van der Waals surface area contributed by atoms with Crippen LogP contribution < -0.4 is 0 Å². The van der Waals surface area contributed by atoms with Crippen molar-refractivity contribution < 1.29 is 0 Å². The average Bonchev–Trinajstić information content (AvgIpc) is 3.10. The molecule has 2 heteroatoms. The molecule has 0 atom stereocenters. The van der Waals surface area contributed by atoms with Crippen LogP contribution >= 0.6 is 0 Å². The van der Waals surface area contributed by atoms with Crippen molar-refractivity contribution in [3.8, 4) is 0 Å². The molecule has 0 bridgehead atoms. The van der Waals surface area contributed by atoms with Gasteiger partial charge in [0.05, 0.1) is 11.0 Å². The van der Waals surface area contributed by atoms with E-state index in [1.165, 1.54) is 108 Å². The highest BCUT2D eigenvalue weighted by atomic mass is 14.9. The highest BCUT2D eigenvalue weighted by molar-refractivity contribution is 5.74. The molecule has 0 unspecified atom stereocenters. The average molecular weight is 371 g/mol. The number of aryl methyl sites for hydroxylation is 1. The lowest BCUT2D eigenvalue weighted by Crippen LogP contribution is -1.89. The van der Waals surface area contributed by atoms with E-state index in [0.717, 1.165) is 17.8 Å². The molecule has 1 aromatic carbocycles. The number of nitrogens with zero attached hydrogens (tertiary/aromatic N) is 1. The minimum absolute atomic E-state index is 1.09. The van der Waals surface area contributed by atoms with Gasteiger partial charge in [-0.25, -0.2) is 4.98 Å². The fourth-order valence-electron chi connectivity index (χ4n) is 3.96. The quantitative estimate of drug-likeness (QED) is 0.278. The SMILES string of the molecule is CCCCCCCCCCCCCCCCCCc1nc2ccccc2[nH]1. The van der Waals surface area contributed by atoms with Gasteiger partial charge in [0, 0.05) is 6.42 Å². The summed E-state index contributed by atoms with van der Waals surface area (Å²) in [5.74, 6) is 1.15. The Kier molecular flexibility index (Phi) is 12.0. The fourth-order valence-corrected chi connectivity index (χ4v) is 3.96. The van der Waals surface area contributed by atoms with Crippen LogP contribution in [0.25, 0.3) is 11.0 Å². The Morgan fingerprint density at radius 1 is 0.630 bits per heavy atom. The summed E-state index contributed by atoms with van der Waals surface area (Å²) in [6.07, 6.45) is 23.9. The summed E-state index contributed by atoms with van der Waals surface area (Å²) in [6.45, 7) is 2.29. The number of rotatable bonds is 17. The molecule has 2 nitrogen and oxygen atoms in total. The molecule has 0 aliphatic carbocycles. The van der Waals surface area contributed by atoms with Gasteiger partial charge in [-0.05, 0) is 18.6 Å². The molecular weight excluding hydrogens is 328 g/mol. The monoisotopic (exact) mass is 370 g/mol. The third kappa shape index (κ3) is 9.98. The number of para-hydroxylation sites is 2. The van der Waals surface area contributed by atoms with Crippen molar-refractivity contribution in [3.05, 3.63) is 30.1 Å². The smallest absolute Gasteiger partial charge is 0.107 e. The molecular formula is C25H42N2. The Labute approximate surface area is 167 Å². The molecule has 0 saturated heterocycles. The van der Waals surface area contributed by atoms with Gasteiger partial charge in [0.1, 0.15) is 5.82 Å². The highest BCUT2D eigenvalue weighted by Crippen LogP contribution is 2.15. The summed E-state index contributed by atoms with van der Waals surface area (Å²) in [5.41, 5.74) is 2.27. The molecule has 2 aromatic rings. The minimum Gasteiger partial charge on any atom is -0.342 e. The van der Waals surface area contributed by atoms with Gasteiger partial charge in [0.25, 0.3) is 0 Å². The number of benzene rings is 1. The van der Waals surface area contributed by atoms with Gasteiger partial charge >= 0.3 is 0 Å². The zero-order valence-electron chi connectivity index (χ0n) is 17.8. The second-order valence-corrected chi connectivity index (χ2v) is 8.25. The first kappa shape index (κ1) is 22.0. The highest BCUT2D eigenvalue weighted by Gasteiger charge is 2.01. The lowest BCUT2D eigenvalue weighted by molar-refractivity contribution is 0.529. The van der Waals surface area contributed by atoms with Gasteiger partial charge in [-0.2, -0.15) is 0 Å². The maximum Gasteiger partial charge on any atom is 0.107 e. The zero-order chi connectivity index (χ0) is 19.0. The van der Waals surface area contributed by atoms with E-state index in [2.05, 4.69) is 41.2 Å². The summed E-state index contributed by atoms with van der Waals surface area (Å²) < 4.78 is 0.